The van der Waals surface area contributed by atoms with Gasteiger partial charge in [-0.25, -0.2) is 0 Å². The minimum Gasteiger partial charge on any atom is -0.399 e. The lowest BCUT2D eigenvalue weighted by atomic mass is 9.95. The zero-order chi connectivity index (χ0) is 19.9. The molecular weight excluding hydrogens is 330 g/mol. The van der Waals surface area contributed by atoms with Gasteiger partial charge in [-0.15, -0.1) is 0 Å². The molecule has 2 N–H and O–H groups in total. The zero-order valence-corrected chi connectivity index (χ0v) is 15.5. The first kappa shape index (κ1) is 21.0. The van der Waals surface area contributed by atoms with Crippen LogP contribution < -0.4 is 5.73 Å². The van der Waals surface area contributed by atoms with Crippen LogP contribution in [-0.4, -0.2) is 23.1 Å². The predicted molar refractivity (Wildman–Crippen MR) is 102 cm³/mol. The van der Waals surface area contributed by atoms with E-state index in [-0.39, 0.29) is 51.8 Å². The third-order valence-electron chi connectivity index (χ3n) is 3.64. The third-order valence-corrected chi connectivity index (χ3v) is 3.64. The van der Waals surface area contributed by atoms with Crippen LogP contribution in [0.4, 0.5) is 5.69 Å². The van der Waals surface area contributed by atoms with Crippen molar-refractivity contribution in [1.82, 2.24) is 0 Å². The standard InChI is InChI=1S/C13H10O4.C6H7N.C2H6/c1-6(14)8-3-10-11(4-9(8)7(2)15)13(17)5-12(10)16;7-6-4-2-1-3-5-6;1-2/h3-4H,5H2,1-2H3;1-5H,7H2;1-2H3. The first-order chi connectivity index (χ1) is 12.3. The van der Waals surface area contributed by atoms with Crippen LogP contribution in [0, 0.1) is 0 Å². The lowest BCUT2D eigenvalue weighted by molar-refractivity contribution is 0.0921. The number of ketones is 4. The predicted octanol–water partition coefficient (Wildman–Crippen LogP) is 4.16. The average Bonchev–Trinajstić information content (AvgIpc) is 2.90. The number of para-hydroxylation sites is 1. The number of fused-ring (bicyclic) bond motifs is 1. The molecule has 0 radical (unpaired) electrons. The smallest absolute Gasteiger partial charge is 0.171 e. The zero-order valence-electron chi connectivity index (χ0n) is 15.5. The molecule has 0 spiro atoms. The van der Waals surface area contributed by atoms with Gasteiger partial charge >= 0.3 is 0 Å². The van der Waals surface area contributed by atoms with Crippen LogP contribution in [0.5, 0.6) is 0 Å². The molecular formula is C21H23NO4. The van der Waals surface area contributed by atoms with Crippen LogP contribution in [0.1, 0.15) is 75.5 Å². The summed E-state index contributed by atoms with van der Waals surface area (Å²) in [6.45, 7) is 6.66. The first-order valence-electron chi connectivity index (χ1n) is 8.38. The number of hydrogen-bond donors (Lipinski definition) is 1. The van der Waals surface area contributed by atoms with Gasteiger partial charge in [-0.2, -0.15) is 0 Å². The van der Waals surface area contributed by atoms with Crippen molar-refractivity contribution < 1.29 is 19.2 Å². The Morgan fingerprint density at radius 3 is 1.46 bits per heavy atom. The van der Waals surface area contributed by atoms with Gasteiger partial charge < -0.3 is 5.73 Å². The summed E-state index contributed by atoms with van der Waals surface area (Å²) in [6, 6.07) is 12.2. The summed E-state index contributed by atoms with van der Waals surface area (Å²) in [5, 5.41) is 0. The minimum absolute atomic E-state index is 0.173. The van der Waals surface area contributed by atoms with Crippen molar-refractivity contribution in [1.29, 1.82) is 0 Å². The van der Waals surface area contributed by atoms with E-state index in [1.54, 1.807) is 0 Å². The summed E-state index contributed by atoms with van der Waals surface area (Å²) in [5.41, 5.74) is 7.10. The van der Waals surface area contributed by atoms with Crippen molar-refractivity contribution in [2.45, 2.75) is 34.1 Å². The Morgan fingerprint density at radius 2 is 1.19 bits per heavy atom. The molecule has 0 unspecified atom stereocenters. The van der Waals surface area contributed by atoms with E-state index in [9.17, 15) is 19.2 Å². The number of carbonyl (C=O) groups excluding carboxylic acids is 4. The Morgan fingerprint density at radius 1 is 0.808 bits per heavy atom. The highest BCUT2D eigenvalue weighted by atomic mass is 16.2. The van der Waals surface area contributed by atoms with Gasteiger partial charge in [0, 0.05) is 27.9 Å². The molecule has 0 aliphatic heterocycles. The first-order valence-corrected chi connectivity index (χ1v) is 8.38. The van der Waals surface area contributed by atoms with E-state index >= 15 is 0 Å². The Labute approximate surface area is 153 Å². The minimum atomic E-state index is -0.289. The molecule has 5 heteroatoms. The summed E-state index contributed by atoms with van der Waals surface area (Å²) >= 11 is 0. The molecule has 1 aliphatic carbocycles. The monoisotopic (exact) mass is 353 g/mol. The highest BCUT2D eigenvalue weighted by molar-refractivity contribution is 6.26. The molecule has 2 aromatic rings. The van der Waals surface area contributed by atoms with Gasteiger partial charge in [0.05, 0.1) is 6.42 Å². The SMILES string of the molecule is CC.CC(=O)c1cc2c(cc1C(C)=O)C(=O)CC2=O.Nc1ccccc1. The summed E-state index contributed by atoms with van der Waals surface area (Å²) < 4.78 is 0. The van der Waals surface area contributed by atoms with E-state index in [0.717, 1.165) is 5.69 Å². The summed E-state index contributed by atoms with van der Waals surface area (Å²) in [7, 11) is 0. The second-order valence-electron chi connectivity index (χ2n) is 5.49. The van der Waals surface area contributed by atoms with Gasteiger partial charge in [0.2, 0.25) is 0 Å². The number of Topliss-reactive ketones (excluding diaryl/α,β-unsaturated/α-hetero) is 4. The Balaban J connectivity index is 0.000000313. The number of nitrogen functional groups attached to an aromatic ring is 1. The van der Waals surface area contributed by atoms with E-state index in [4.69, 9.17) is 5.73 Å². The van der Waals surface area contributed by atoms with Crippen molar-refractivity contribution in [2.24, 2.45) is 0 Å². The molecule has 0 fully saturated rings. The van der Waals surface area contributed by atoms with Crippen LogP contribution in [0.15, 0.2) is 42.5 Å². The van der Waals surface area contributed by atoms with E-state index in [0.29, 0.717) is 0 Å². The fourth-order valence-electron chi connectivity index (χ4n) is 2.43. The van der Waals surface area contributed by atoms with E-state index < -0.39 is 0 Å². The number of hydrogen-bond acceptors (Lipinski definition) is 5. The summed E-state index contributed by atoms with van der Waals surface area (Å²) in [6.07, 6.45) is -0.173. The van der Waals surface area contributed by atoms with E-state index in [1.807, 2.05) is 44.2 Å². The van der Waals surface area contributed by atoms with E-state index in [1.165, 1.54) is 26.0 Å². The maximum absolute atomic E-state index is 11.5. The highest BCUT2D eigenvalue weighted by Gasteiger charge is 2.30. The highest BCUT2D eigenvalue weighted by Crippen LogP contribution is 2.26. The van der Waals surface area contributed by atoms with E-state index in [2.05, 4.69) is 0 Å². The molecule has 0 heterocycles. The fraction of sp³-hybridized carbons (Fsp3) is 0.238. The van der Waals surface area contributed by atoms with Crippen molar-refractivity contribution in [3.63, 3.8) is 0 Å². The number of anilines is 1. The molecule has 3 rings (SSSR count). The van der Waals surface area contributed by atoms with Crippen LogP contribution in [0.3, 0.4) is 0 Å². The van der Waals surface area contributed by atoms with Crippen LogP contribution in [-0.2, 0) is 0 Å². The number of rotatable bonds is 2. The van der Waals surface area contributed by atoms with Gasteiger partial charge in [0.15, 0.2) is 23.1 Å². The molecule has 0 atom stereocenters. The molecule has 1 aliphatic rings. The molecule has 0 saturated heterocycles. The normalized spacial score (nSPS) is 11.5. The lowest BCUT2D eigenvalue weighted by Gasteiger charge is -2.06. The Kier molecular flexibility index (Phi) is 7.59. The van der Waals surface area contributed by atoms with Crippen molar-refractivity contribution in [3.05, 3.63) is 64.7 Å². The van der Waals surface area contributed by atoms with Crippen LogP contribution in [0.2, 0.25) is 0 Å². The molecule has 0 bridgehead atoms. The topological polar surface area (TPSA) is 94.3 Å². The molecule has 26 heavy (non-hydrogen) atoms. The lowest BCUT2D eigenvalue weighted by Crippen LogP contribution is -2.07. The molecule has 0 aromatic heterocycles. The Hall–Kier alpha value is -3.08. The molecule has 136 valence electrons. The maximum atomic E-state index is 11.5. The van der Waals surface area contributed by atoms with Gasteiger partial charge in [-0.1, -0.05) is 32.0 Å². The fourth-order valence-corrected chi connectivity index (χ4v) is 2.43. The molecule has 2 aromatic carbocycles. The van der Waals surface area contributed by atoms with Gasteiger partial charge in [0.1, 0.15) is 0 Å². The summed E-state index contributed by atoms with van der Waals surface area (Å²) in [4.78, 5) is 45.9. The number of benzene rings is 2. The maximum Gasteiger partial charge on any atom is 0.171 e. The largest absolute Gasteiger partial charge is 0.399 e. The van der Waals surface area contributed by atoms with Crippen molar-refractivity contribution in [3.8, 4) is 0 Å². The quantitative estimate of drug-likeness (QED) is 0.497. The second kappa shape index (κ2) is 9.42. The van der Waals surface area contributed by atoms with Gasteiger partial charge in [-0.3, -0.25) is 19.2 Å². The number of carbonyl (C=O) groups is 4. The average molecular weight is 353 g/mol. The summed E-state index contributed by atoms with van der Waals surface area (Å²) in [5.74, 6) is -1.15. The van der Waals surface area contributed by atoms with Crippen molar-refractivity contribution >= 4 is 28.8 Å². The van der Waals surface area contributed by atoms with Gasteiger partial charge in [0.25, 0.3) is 0 Å². The van der Waals surface area contributed by atoms with Gasteiger partial charge in [-0.05, 0) is 38.1 Å². The Bertz CT molecular complexity index is 788. The molecule has 5 nitrogen and oxygen atoms in total. The second-order valence-corrected chi connectivity index (χ2v) is 5.49. The van der Waals surface area contributed by atoms with Crippen molar-refractivity contribution in [2.75, 3.05) is 5.73 Å². The van der Waals surface area contributed by atoms with Crippen LogP contribution in [0.25, 0.3) is 0 Å². The third kappa shape index (κ3) is 4.96. The molecule has 0 saturated carbocycles. The number of nitrogens with two attached hydrogens (primary N) is 1. The van der Waals surface area contributed by atoms with Crippen LogP contribution >= 0.6 is 0 Å². The molecule has 0 amide bonds.